The Bertz CT molecular complexity index is 2600. The molecule has 6 aliphatic rings. The van der Waals surface area contributed by atoms with E-state index >= 15 is 0 Å². The van der Waals surface area contributed by atoms with Crippen molar-refractivity contribution in [3.05, 3.63) is 140 Å². The number of benzene rings is 3. The van der Waals surface area contributed by atoms with Gasteiger partial charge >= 0.3 is 0 Å². The van der Waals surface area contributed by atoms with Gasteiger partial charge in [-0.15, -0.1) is 11.8 Å². The van der Waals surface area contributed by atoms with Crippen LogP contribution in [-0.2, 0) is 10.8 Å². The molecule has 1 aliphatic heterocycles. The molecule has 0 aromatic heterocycles. The second-order valence-electron chi connectivity index (χ2n) is 26.1. The molecular formula is C62H81ClN2S. The molecule has 3 aromatic rings. The number of fused-ring (bicyclic) bond motifs is 5. The number of rotatable bonds is 7. The molecule has 3 aromatic carbocycles. The van der Waals surface area contributed by atoms with Crippen LogP contribution < -0.4 is 9.80 Å². The van der Waals surface area contributed by atoms with Gasteiger partial charge < -0.3 is 9.80 Å². The van der Waals surface area contributed by atoms with E-state index in [0.29, 0.717) is 17.8 Å². The first-order chi connectivity index (χ1) is 30.6. The highest BCUT2D eigenvalue weighted by atomic mass is 35.5. The summed E-state index contributed by atoms with van der Waals surface area (Å²) in [5, 5.41) is 3.25. The third kappa shape index (κ3) is 8.24. The molecule has 2 nitrogen and oxygen atoms in total. The molecule has 66 heavy (non-hydrogen) atoms. The Morgan fingerprint density at radius 2 is 1.15 bits per heavy atom. The lowest BCUT2D eigenvalue weighted by atomic mass is 9.57. The van der Waals surface area contributed by atoms with Crippen molar-refractivity contribution >= 4 is 46.1 Å². The lowest BCUT2D eigenvalue weighted by molar-refractivity contribution is 0.233. The number of halogens is 1. The van der Waals surface area contributed by atoms with E-state index in [1.165, 1.54) is 90.0 Å². The van der Waals surface area contributed by atoms with Crippen molar-refractivity contribution in [3.63, 3.8) is 0 Å². The van der Waals surface area contributed by atoms with Crippen LogP contribution in [0, 0.1) is 39.4 Å². The number of hydrogen-bond acceptors (Lipinski definition) is 3. The van der Waals surface area contributed by atoms with Gasteiger partial charge in [0.25, 0.3) is 0 Å². The van der Waals surface area contributed by atoms with Gasteiger partial charge in [-0.05, 0) is 190 Å². The zero-order chi connectivity index (χ0) is 47.7. The van der Waals surface area contributed by atoms with E-state index in [1.54, 1.807) is 11.1 Å². The maximum absolute atomic E-state index is 7.59. The van der Waals surface area contributed by atoms with Crippen LogP contribution in [-0.4, -0.2) is 4.75 Å². The summed E-state index contributed by atoms with van der Waals surface area (Å²) in [4.78, 5) is 5.18. The van der Waals surface area contributed by atoms with E-state index in [4.69, 9.17) is 11.6 Å². The summed E-state index contributed by atoms with van der Waals surface area (Å²) in [6.45, 7) is 39.2. The average molecular weight is 922 g/mol. The number of thioether (sulfide) groups is 1. The largest absolute Gasteiger partial charge is 0.313 e. The smallest absolute Gasteiger partial charge is 0.0497 e. The van der Waals surface area contributed by atoms with E-state index in [1.807, 2.05) is 11.8 Å². The van der Waals surface area contributed by atoms with Gasteiger partial charge in [0.15, 0.2) is 0 Å². The fourth-order valence-corrected chi connectivity index (χ4v) is 14.1. The average Bonchev–Trinajstić information content (AvgIpc) is 3.41. The predicted molar refractivity (Wildman–Crippen MR) is 289 cm³/mol. The van der Waals surface area contributed by atoms with Crippen LogP contribution in [0.4, 0.5) is 22.7 Å². The van der Waals surface area contributed by atoms with Crippen molar-refractivity contribution in [3.8, 4) is 0 Å². The maximum Gasteiger partial charge on any atom is 0.0497 e. The van der Waals surface area contributed by atoms with Gasteiger partial charge in [-0.2, -0.15) is 0 Å². The molecule has 0 spiro atoms. The van der Waals surface area contributed by atoms with Crippen molar-refractivity contribution in [2.24, 2.45) is 39.4 Å². The molecule has 9 rings (SSSR count). The molecule has 2 fully saturated rings. The van der Waals surface area contributed by atoms with E-state index < -0.39 is 0 Å². The Labute approximate surface area is 410 Å². The van der Waals surface area contributed by atoms with Crippen LogP contribution >= 0.6 is 23.4 Å². The van der Waals surface area contributed by atoms with Crippen molar-refractivity contribution in [2.75, 3.05) is 9.80 Å². The summed E-state index contributed by atoms with van der Waals surface area (Å²) in [6.07, 6.45) is 19.1. The first kappa shape index (κ1) is 47.7. The minimum atomic E-state index is -0.110. The van der Waals surface area contributed by atoms with Crippen molar-refractivity contribution in [1.82, 2.24) is 0 Å². The SMILES string of the molecule is CC1=CC2CC(C=C1N(c1cccc(C(C)C)c1)c1cc(Cl)cc(N(C3=CSC4(C)C=C5C(=CC34)C(C)(C)CCC5(C)C)c3ccc4c(c3)C(C)(C)CCC4(C)C)c1)C(C)(C)CCC2(C)C. The van der Waals surface area contributed by atoms with Crippen LogP contribution in [0.15, 0.2) is 118 Å². The van der Waals surface area contributed by atoms with Crippen molar-refractivity contribution < 1.29 is 0 Å². The van der Waals surface area contributed by atoms with Gasteiger partial charge in [0.05, 0.1) is 0 Å². The highest BCUT2D eigenvalue weighted by molar-refractivity contribution is 8.03. The Balaban J connectivity index is 1.27. The van der Waals surface area contributed by atoms with Crippen LogP contribution in [0.3, 0.4) is 0 Å². The summed E-state index contributed by atoms with van der Waals surface area (Å²) >= 11 is 9.60. The summed E-state index contributed by atoms with van der Waals surface area (Å²) in [6, 6.07) is 23.7. The molecule has 4 heteroatoms. The lowest BCUT2D eigenvalue weighted by Crippen LogP contribution is -2.40. The fourth-order valence-electron chi connectivity index (χ4n) is 12.8. The third-order valence-electron chi connectivity index (χ3n) is 18.2. The molecule has 4 unspecified atom stereocenters. The van der Waals surface area contributed by atoms with Gasteiger partial charge in [-0.3, -0.25) is 0 Å². The number of allylic oxidation sites excluding steroid dienone is 6. The van der Waals surface area contributed by atoms with Crippen LogP contribution in [0.25, 0.3) is 0 Å². The normalized spacial score (nSPS) is 28.5. The van der Waals surface area contributed by atoms with E-state index in [2.05, 4.69) is 211 Å². The molecule has 5 aliphatic carbocycles. The van der Waals surface area contributed by atoms with Gasteiger partial charge in [-0.1, -0.05) is 151 Å². The summed E-state index contributed by atoms with van der Waals surface area (Å²) in [7, 11) is 0. The van der Waals surface area contributed by atoms with Crippen molar-refractivity contribution in [1.29, 1.82) is 0 Å². The molecule has 1 heterocycles. The van der Waals surface area contributed by atoms with Gasteiger partial charge in [0.2, 0.25) is 0 Å². The molecule has 0 amide bonds. The Hall–Kier alpha value is -3.40. The van der Waals surface area contributed by atoms with Crippen LogP contribution in [0.1, 0.15) is 178 Å². The number of nitrogens with zero attached hydrogens (tertiary/aromatic N) is 2. The first-order valence-corrected chi connectivity index (χ1v) is 26.8. The molecule has 4 atom stereocenters. The van der Waals surface area contributed by atoms with Crippen molar-refractivity contribution in [2.45, 2.75) is 177 Å². The van der Waals surface area contributed by atoms with Gasteiger partial charge in [0, 0.05) is 49.8 Å². The molecule has 0 radical (unpaired) electrons. The summed E-state index contributed by atoms with van der Waals surface area (Å²) in [5.41, 5.74) is 16.8. The molecule has 2 bridgehead atoms. The Kier molecular flexibility index (Phi) is 11.6. The Morgan fingerprint density at radius 3 is 1.80 bits per heavy atom. The lowest BCUT2D eigenvalue weighted by Gasteiger charge is -2.49. The van der Waals surface area contributed by atoms with Gasteiger partial charge in [-0.25, -0.2) is 0 Å². The second kappa shape index (κ2) is 16.1. The molecule has 352 valence electrons. The molecule has 0 saturated heterocycles. The molecule has 2 saturated carbocycles. The summed E-state index contributed by atoms with van der Waals surface area (Å²) < 4.78 is -0.110. The quantitative estimate of drug-likeness (QED) is 0.233. The van der Waals surface area contributed by atoms with Gasteiger partial charge in [0.1, 0.15) is 0 Å². The predicted octanol–water partition coefficient (Wildman–Crippen LogP) is 19.1. The molecule has 0 N–H and O–H groups in total. The minimum Gasteiger partial charge on any atom is -0.313 e. The first-order valence-electron chi connectivity index (χ1n) is 25.5. The zero-order valence-corrected chi connectivity index (χ0v) is 45.2. The summed E-state index contributed by atoms with van der Waals surface area (Å²) in [5.74, 6) is 1.52. The topological polar surface area (TPSA) is 6.48 Å². The molecular weight excluding hydrogens is 840 g/mol. The third-order valence-corrected chi connectivity index (χ3v) is 19.6. The number of hydrogen-bond donors (Lipinski definition) is 0. The van der Waals surface area contributed by atoms with E-state index in [0.717, 1.165) is 16.4 Å². The highest BCUT2D eigenvalue weighted by Crippen LogP contribution is 2.62. The monoisotopic (exact) mass is 921 g/mol. The zero-order valence-electron chi connectivity index (χ0n) is 43.6. The number of anilines is 4. The van der Waals surface area contributed by atoms with Crippen LogP contribution in [0.2, 0.25) is 5.02 Å². The fraction of sp³-hybridized carbons (Fsp3) is 0.548. The maximum atomic E-state index is 7.59. The minimum absolute atomic E-state index is 0.0644. The Morgan fingerprint density at radius 1 is 0.576 bits per heavy atom. The second-order valence-corrected chi connectivity index (χ2v) is 27.9. The van der Waals surface area contributed by atoms with Crippen LogP contribution in [0.5, 0.6) is 0 Å². The highest BCUT2D eigenvalue weighted by Gasteiger charge is 2.50. The standard InChI is InChI=1S/C62H81ClN2S/c1-39(2)41-18-17-19-45(29-41)64(54-31-43-30-42(28-40(54)3)56(4,5)22-23-57(43,6)7)47-32-44(63)33-48(34-47)65(46-20-21-49-50(35-46)59(10,11)25-24-58(49,8)9)55-38-66-62(16)37-53-51(36-52(55)62)60(12,13)26-27-61(53,14)15/h17-21,28-29,31-39,42-43,52H,22-27,30H2,1-16H3. The van der Waals surface area contributed by atoms with E-state index in [9.17, 15) is 0 Å². The van der Waals surface area contributed by atoms with E-state index in [-0.39, 0.29) is 43.2 Å².